The van der Waals surface area contributed by atoms with Gasteiger partial charge in [-0.2, -0.15) is 5.26 Å². The maximum atomic E-state index is 12.5. The molecule has 0 aliphatic rings. The molecule has 3 aromatic rings. The summed E-state index contributed by atoms with van der Waals surface area (Å²) in [5.41, 5.74) is 3.41. The number of nitrogens with zero attached hydrogens (tertiary/aromatic N) is 1. The Bertz CT molecular complexity index is 1220. The average Bonchev–Trinajstić information content (AvgIpc) is 2.80. The maximum absolute atomic E-state index is 12.5. The predicted molar refractivity (Wildman–Crippen MR) is 147 cm³/mol. The largest absolute Gasteiger partial charge is 0.354 e. The summed E-state index contributed by atoms with van der Waals surface area (Å²) in [6, 6.07) is 22.4. The summed E-state index contributed by atoms with van der Waals surface area (Å²) >= 11 is 0. The minimum absolute atomic E-state index is 0.0983. The Morgan fingerprint density at radius 3 is 1.33 bits per heavy atom. The van der Waals surface area contributed by atoms with Crippen LogP contribution in [0.2, 0.25) is 0 Å². The monoisotopic (exact) mass is 483 g/mol. The highest BCUT2D eigenvalue weighted by molar-refractivity contribution is 5.99. The Kier molecular flexibility index (Phi) is 7.69. The summed E-state index contributed by atoms with van der Waals surface area (Å²) in [6.07, 6.45) is 0. The molecular formula is C29H33N5O2. The molecule has 7 heteroatoms. The zero-order chi connectivity index (χ0) is 26.5. The summed E-state index contributed by atoms with van der Waals surface area (Å²) in [5, 5.41) is 22.2. The first-order chi connectivity index (χ1) is 16.9. The Labute approximate surface area is 212 Å². The molecule has 3 rings (SSSR count). The molecule has 0 aliphatic heterocycles. The molecule has 7 nitrogen and oxygen atoms in total. The number of nitriles is 1. The van der Waals surface area contributed by atoms with Gasteiger partial charge in [-0.25, -0.2) is 0 Å². The van der Waals surface area contributed by atoms with Gasteiger partial charge in [0.05, 0.1) is 34.4 Å². The van der Waals surface area contributed by atoms with Gasteiger partial charge in [0.2, 0.25) is 11.8 Å². The van der Waals surface area contributed by atoms with Gasteiger partial charge in [-0.1, -0.05) is 65.8 Å². The van der Waals surface area contributed by atoms with Crippen LogP contribution in [0.25, 0.3) is 0 Å². The average molecular weight is 484 g/mol. The lowest BCUT2D eigenvalue weighted by Gasteiger charge is -2.21. The third kappa shape index (κ3) is 6.86. The van der Waals surface area contributed by atoms with Gasteiger partial charge in [0.1, 0.15) is 0 Å². The van der Waals surface area contributed by atoms with E-state index < -0.39 is 10.8 Å². The number of rotatable bonds is 6. The second kappa shape index (κ2) is 10.5. The number of hydrogen-bond acceptors (Lipinski definition) is 5. The quantitative estimate of drug-likeness (QED) is 0.302. The molecule has 0 aromatic heterocycles. The fraction of sp³-hybridized carbons (Fsp3) is 0.276. The number of amides is 2. The van der Waals surface area contributed by atoms with Gasteiger partial charge in [-0.3, -0.25) is 9.59 Å². The third-order valence-corrected chi connectivity index (χ3v) is 5.33. The van der Waals surface area contributed by atoms with Gasteiger partial charge in [0.25, 0.3) is 0 Å². The molecular weight excluding hydrogens is 450 g/mol. The van der Waals surface area contributed by atoms with Crippen molar-refractivity contribution < 1.29 is 9.59 Å². The topological polar surface area (TPSA) is 106 Å². The van der Waals surface area contributed by atoms with Gasteiger partial charge in [-0.15, -0.1) is 0 Å². The van der Waals surface area contributed by atoms with E-state index in [1.54, 1.807) is 12.1 Å². The van der Waals surface area contributed by atoms with E-state index in [1.165, 1.54) is 0 Å². The molecule has 0 saturated carbocycles. The highest BCUT2D eigenvalue weighted by Gasteiger charge is 2.23. The summed E-state index contributed by atoms with van der Waals surface area (Å²) in [6.45, 7) is 11.1. The van der Waals surface area contributed by atoms with Gasteiger partial charge < -0.3 is 21.3 Å². The predicted octanol–water partition coefficient (Wildman–Crippen LogP) is 7.01. The second-order valence-corrected chi connectivity index (χ2v) is 10.7. The van der Waals surface area contributed by atoms with Crippen LogP contribution in [0, 0.1) is 22.2 Å². The lowest BCUT2D eigenvalue weighted by atomic mass is 9.95. The van der Waals surface area contributed by atoms with Crippen molar-refractivity contribution in [3.63, 3.8) is 0 Å². The SMILES string of the molecule is CC(C)(C)C(=O)Nc1ccccc1Nc1cc(C#N)cc(Nc2ccccc2NC(=O)C(C)(C)C)c1. The molecule has 2 amide bonds. The van der Waals surface area contributed by atoms with Gasteiger partial charge >= 0.3 is 0 Å². The smallest absolute Gasteiger partial charge is 0.229 e. The summed E-state index contributed by atoms with van der Waals surface area (Å²) in [4.78, 5) is 25.1. The highest BCUT2D eigenvalue weighted by atomic mass is 16.2. The van der Waals surface area contributed by atoms with Crippen molar-refractivity contribution in [1.82, 2.24) is 0 Å². The first-order valence-corrected chi connectivity index (χ1v) is 11.8. The number of benzene rings is 3. The van der Waals surface area contributed by atoms with E-state index >= 15 is 0 Å². The molecule has 0 fully saturated rings. The summed E-state index contributed by atoms with van der Waals surface area (Å²) < 4.78 is 0. The standard InChI is InChI=1S/C29H33N5O2/c1-28(2,3)26(35)33-24-13-9-7-11-22(24)31-20-15-19(18-30)16-21(17-20)32-23-12-8-10-14-25(23)34-27(36)29(4,5)6/h7-17,31-32H,1-6H3,(H,33,35)(H,34,36). The minimum Gasteiger partial charge on any atom is -0.354 e. The Morgan fingerprint density at radius 1 is 0.639 bits per heavy atom. The van der Waals surface area contributed by atoms with Crippen molar-refractivity contribution in [2.45, 2.75) is 41.5 Å². The van der Waals surface area contributed by atoms with E-state index in [9.17, 15) is 14.9 Å². The van der Waals surface area contributed by atoms with Crippen LogP contribution in [0.1, 0.15) is 47.1 Å². The number of carbonyl (C=O) groups is 2. The van der Waals surface area contributed by atoms with E-state index in [0.717, 1.165) is 0 Å². The first-order valence-electron chi connectivity index (χ1n) is 11.8. The number of nitrogens with one attached hydrogen (secondary N) is 4. The molecule has 186 valence electrons. The molecule has 0 bridgehead atoms. The summed E-state index contributed by atoms with van der Waals surface area (Å²) in [5.74, 6) is -0.197. The molecule has 0 saturated heterocycles. The third-order valence-electron chi connectivity index (χ3n) is 5.33. The fourth-order valence-corrected chi connectivity index (χ4v) is 3.17. The van der Waals surface area contributed by atoms with E-state index in [4.69, 9.17) is 0 Å². The Hall–Kier alpha value is -4.31. The molecule has 0 heterocycles. The normalized spacial score (nSPS) is 11.2. The lowest BCUT2D eigenvalue weighted by molar-refractivity contribution is -0.123. The van der Waals surface area contributed by atoms with Gasteiger partial charge in [-0.05, 0) is 42.5 Å². The van der Waals surface area contributed by atoms with Crippen LogP contribution in [-0.4, -0.2) is 11.8 Å². The number of anilines is 6. The molecule has 36 heavy (non-hydrogen) atoms. The molecule has 0 atom stereocenters. The van der Waals surface area contributed by atoms with E-state index in [1.807, 2.05) is 96.1 Å². The second-order valence-electron chi connectivity index (χ2n) is 10.7. The van der Waals surface area contributed by atoms with Gasteiger partial charge in [0.15, 0.2) is 0 Å². The zero-order valence-corrected chi connectivity index (χ0v) is 21.6. The highest BCUT2D eigenvalue weighted by Crippen LogP contribution is 2.32. The lowest BCUT2D eigenvalue weighted by Crippen LogP contribution is -2.27. The van der Waals surface area contributed by atoms with Crippen molar-refractivity contribution in [3.8, 4) is 6.07 Å². The van der Waals surface area contributed by atoms with Crippen LogP contribution in [0.3, 0.4) is 0 Å². The fourth-order valence-electron chi connectivity index (χ4n) is 3.17. The van der Waals surface area contributed by atoms with Gasteiger partial charge in [0, 0.05) is 22.2 Å². The van der Waals surface area contributed by atoms with Crippen LogP contribution in [0.15, 0.2) is 66.7 Å². The number of hydrogen-bond donors (Lipinski definition) is 4. The van der Waals surface area contributed by atoms with Crippen LogP contribution in [-0.2, 0) is 9.59 Å². The Balaban J connectivity index is 1.90. The molecule has 3 aromatic carbocycles. The number of para-hydroxylation sites is 4. The van der Waals surface area contributed by atoms with Crippen LogP contribution >= 0.6 is 0 Å². The van der Waals surface area contributed by atoms with Crippen molar-refractivity contribution in [1.29, 1.82) is 5.26 Å². The zero-order valence-electron chi connectivity index (χ0n) is 21.6. The molecule has 0 aliphatic carbocycles. The molecule has 4 N–H and O–H groups in total. The first kappa shape index (κ1) is 26.3. The summed E-state index contributed by atoms with van der Waals surface area (Å²) in [7, 11) is 0. The van der Waals surface area contributed by atoms with Crippen molar-refractivity contribution in [2.24, 2.45) is 10.8 Å². The van der Waals surface area contributed by atoms with Crippen LogP contribution in [0.5, 0.6) is 0 Å². The van der Waals surface area contributed by atoms with E-state index in [2.05, 4.69) is 27.3 Å². The molecule has 0 radical (unpaired) electrons. The van der Waals surface area contributed by atoms with E-state index in [0.29, 0.717) is 39.7 Å². The molecule has 0 unspecified atom stereocenters. The van der Waals surface area contributed by atoms with Crippen LogP contribution < -0.4 is 21.3 Å². The number of carbonyl (C=O) groups excluding carboxylic acids is 2. The van der Waals surface area contributed by atoms with Crippen LogP contribution in [0.4, 0.5) is 34.1 Å². The van der Waals surface area contributed by atoms with Crippen molar-refractivity contribution in [3.05, 3.63) is 72.3 Å². The van der Waals surface area contributed by atoms with E-state index in [-0.39, 0.29) is 11.8 Å². The maximum Gasteiger partial charge on any atom is 0.229 e. The van der Waals surface area contributed by atoms with Crippen molar-refractivity contribution >= 4 is 45.9 Å². The minimum atomic E-state index is -0.541. The Morgan fingerprint density at radius 2 is 1.00 bits per heavy atom. The van der Waals surface area contributed by atoms with Crippen molar-refractivity contribution in [2.75, 3.05) is 21.3 Å². The molecule has 0 spiro atoms.